The Labute approximate surface area is 211 Å². The van der Waals surface area contributed by atoms with Crippen LogP contribution in [0.4, 0.5) is 17.3 Å². The molecule has 3 aliphatic heterocycles. The summed E-state index contributed by atoms with van der Waals surface area (Å²) in [7, 11) is 0. The quantitative estimate of drug-likeness (QED) is 0.303. The predicted octanol–water partition coefficient (Wildman–Crippen LogP) is 4.20. The zero-order valence-corrected chi connectivity index (χ0v) is 20.5. The molecule has 6 rings (SSSR count). The third kappa shape index (κ3) is 3.12. The number of carbonyl (C=O) groups excluding carboxylic acids is 3. The highest BCUT2D eigenvalue weighted by molar-refractivity contribution is 8.04. The highest BCUT2D eigenvalue weighted by atomic mass is 32.2. The Morgan fingerprint density at radius 3 is 2.08 bits per heavy atom. The summed E-state index contributed by atoms with van der Waals surface area (Å²) in [5.41, 5.74) is 2.19. The maximum absolute atomic E-state index is 13.5. The van der Waals surface area contributed by atoms with Crippen LogP contribution in [-0.2, 0) is 14.4 Å². The van der Waals surface area contributed by atoms with E-state index in [2.05, 4.69) is 0 Å². The molecule has 0 bridgehead atoms. The van der Waals surface area contributed by atoms with Gasteiger partial charge in [-0.25, -0.2) is 9.97 Å². The molecule has 0 N–H and O–H groups in total. The predicted molar refractivity (Wildman–Crippen MR) is 140 cm³/mol. The maximum Gasteiger partial charge on any atom is 0.267 e. The first-order valence-corrected chi connectivity index (χ1v) is 12.5. The summed E-state index contributed by atoms with van der Waals surface area (Å²) in [5, 5.41) is 0.365. The molecular weight excluding hydrogens is 474 g/mol. The number of carbonyl (C=O) groups is 3. The number of amides is 1. The fraction of sp³-hybridized carbons (Fsp3) is 0.148. The second-order valence-corrected chi connectivity index (χ2v) is 9.36. The number of para-hydroxylation sites is 3. The summed E-state index contributed by atoms with van der Waals surface area (Å²) >= 11 is 1.26. The second kappa shape index (κ2) is 8.46. The van der Waals surface area contributed by atoms with Gasteiger partial charge >= 0.3 is 0 Å². The molecule has 3 aromatic rings. The van der Waals surface area contributed by atoms with Crippen LogP contribution in [0.15, 0.2) is 87.6 Å². The molecular formula is C27H21N5O3S. The second-order valence-electron chi connectivity index (χ2n) is 8.33. The highest BCUT2D eigenvalue weighted by Crippen LogP contribution is 2.49. The zero-order valence-electron chi connectivity index (χ0n) is 19.6. The normalized spacial score (nSPS) is 17.8. The van der Waals surface area contributed by atoms with E-state index in [-0.39, 0.29) is 11.1 Å². The number of benzene rings is 2. The van der Waals surface area contributed by atoms with E-state index in [1.54, 1.807) is 6.08 Å². The minimum atomic E-state index is -0.568. The molecule has 0 atom stereocenters. The number of ketones is 1. The molecule has 8 nitrogen and oxygen atoms in total. The number of Topliss-reactive ketones (excluding diaryl/α,β-unsaturated/α-hetero) is 1. The number of aromatic nitrogens is 2. The van der Waals surface area contributed by atoms with E-state index < -0.39 is 11.7 Å². The van der Waals surface area contributed by atoms with E-state index in [0.29, 0.717) is 30.1 Å². The molecule has 1 aromatic heterocycles. The van der Waals surface area contributed by atoms with Gasteiger partial charge in [0, 0.05) is 18.0 Å². The monoisotopic (exact) mass is 495 g/mol. The van der Waals surface area contributed by atoms with Gasteiger partial charge in [0.15, 0.2) is 17.9 Å². The van der Waals surface area contributed by atoms with E-state index in [4.69, 9.17) is 9.97 Å². The van der Waals surface area contributed by atoms with Crippen LogP contribution < -0.4 is 14.7 Å². The standard InChI is InChI=1S/C27H21N5O3S/c1-3-30-22(31(4-2)25-24(30)28-18-9-5-6-10-19(18)29-25)14-13-16-23(34)17(15-33)27-32(26(16)35)20-11-7-8-12-21(20)36-27/h5-15H,3-4H2,1-2H3/b16-13+. The summed E-state index contributed by atoms with van der Waals surface area (Å²) in [5.74, 6) is 1.20. The van der Waals surface area contributed by atoms with Crippen molar-refractivity contribution in [2.45, 2.75) is 18.7 Å². The molecule has 0 spiro atoms. The van der Waals surface area contributed by atoms with E-state index in [0.717, 1.165) is 33.4 Å². The summed E-state index contributed by atoms with van der Waals surface area (Å²) in [6, 6.07) is 15.1. The van der Waals surface area contributed by atoms with Crippen molar-refractivity contribution in [3.05, 3.63) is 82.7 Å². The third-order valence-corrected chi connectivity index (χ3v) is 7.58. The number of nitrogens with zero attached hydrogens (tertiary/aromatic N) is 5. The molecule has 2 aromatic carbocycles. The van der Waals surface area contributed by atoms with Gasteiger partial charge in [0.25, 0.3) is 5.91 Å². The fourth-order valence-electron chi connectivity index (χ4n) is 4.74. The number of aldehydes is 1. The van der Waals surface area contributed by atoms with Crippen molar-refractivity contribution in [3.8, 4) is 0 Å². The minimum absolute atomic E-state index is 0.00978. The molecule has 0 saturated heterocycles. The van der Waals surface area contributed by atoms with Crippen LogP contribution in [0.3, 0.4) is 0 Å². The topological polar surface area (TPSA) is 86.7 Å². The van der Waals surface area contributed by atoms with Crippen molar-refractivity contribution in [1.29, 1.82) is 0 Å². The third-order valence-electron chi connectivity index (χ3n) is 6.42. The first-order chi connectivity index (χ1) is 17.6. The van der Waals surface area contributed by atoms with Crippen LogP contribution >= 0.6 is 11.8 Å². The van der Waals surface area contributed by atoms with Crippen molar-refractivity contribution >= 4 is 58.1 Å². The fourth-order valence-corrected chi connectivity index (χ4v) is 5.88. The van der Waals surface area contributed by atoms with Crippen LogP contribution in [0.5, 0.6) is 0 Å². The Kier molecular flexibility index (Phi) is 5.22. The molecule has 178 valence electrons. The van der Waals surface area contributed by atoms with Crippen LogP contribution in [0.1, 0.15) is 13.8 Å². The number of fused-ring (bicyclic) bond motifs is 5. The van der Waals surface area contributed by atoms with Gasteiger partial charge in [-0.05, 0) is 50.3 Å². The number of thioether (sulfide) groups is 1. The SMILES string of the molecule is CCN1C(=C/C=C2\C(=O)C(C=O)=C3Sc4ccccc4N3C2=O)N(CC)c2nc3ccccc3nc21. The highest BCUT2D eigenvalue weighted by Gasteiger charge is 2.42. The lowest BCUT2D eigenvalue weighted by molar-refractivity contribution is -0.120. The van der Waals surface area contributed by atoms with Crippen molar-refractivity contribution in [2.75, 3.05) is 27.8 Å². The first-order valence-electron chi connectivity index (χ1n) is 11.7. The van der Waals surface area contributed by atoms with Gasteiger partial charge in [-0.3, -0.25) is 19.3 Å². The van der Waals surface area contributed by atoms with Gasteiger partial charge in [0.05, 0.1) is 27.9 Å². The lowest BCUT2D eigenvalue weighted by atomic mass is 9.99. The number of allylic oxidation sites excluding steroid dienone is 3. The largest absolute Gasteiger partial charge is 0.310 e. The minimum Gasteiger partial charge on any atom is -0.310 e. The Morgan fingerprint density at radius 2 is 1.47 bits per heavy atom. The Bertz CT molecular complexity index is 1520. The van der Waals surface area contributed by atoms with E-state index in [9.17, 15) is 14.4 Å². The molecule has 0 saturated carbocycles. The smallest absolute Gasteiger partial charge is 0.267 e. The van der Waals surface area contributed by atoms with Crippen molar-refractivity contribution < 1.29 is 14.4 Å². The number of hydrogen-bond acceptors (Lipinski definition) is 8. The Balaban J connectivity index is 1.46. The van der Waals surface area contributed by atoms with E-state index in [1.165, 1.54) is 22.7 Å². The van der Waals surface area contributed by atoms with Gasteiger partial charge < -0.3 is 9.80 Å². The van der Waals surface area contributed by atoms with Gasteiger partial charge in [-0.2, -0.15) is 0 Å². The van der Waals surface area contributed by atoms with Gasteiger partial charge in [-0.1, -0.05) is 36.0 Å². The van der Waals surface area contributed by atoms with Gasteiger partial charge in [0.1, 0.15) is 10.9 Å². The molecule has 3 aliphatic rings. The van der Waals surface area contributed by atoms with Crippen LogP contribution in [0.25, 0.3) is 11.0 Å². The number of rotatable bonds is 4. The molecule has 4 heterocycles. The first kappa shape index (κ1) is 22.2. The van der Waals surface area contributed by atoms with E-state index >= 15 is 0 Å². The average Bonchev–Trinajstić information content (AvgIpc) is 3.42. The number of anilines is 3. The average molecular weight is 496 g/mol. The van der Waals surface area contributed by atoms with Crippen molar-refractivity contribution in [1.82, 2.24) is 9.97 Å². The van der Waals surface area contributed by atoms with Crippen molar-refractivity contribution in [2.24, 2.45) is 0 Å². The van der Waals surface area contributed by atoms with E-state index in [1.807, 2.05) is 72.2 Å². The summed E-state index contributed by atoms with van der Waals surface area (Å²) < 4.78 is 0. The summed E-state index contributed by atoms with van der Waals surface area (Å²) in [4.78, 5) is 54.7. The van der Waals surface area contributed by atoms with Crippen LogP contribution in [0.2, 0.25) is 0 Å². The molecule has 36 heavy (non-hydrogen) atoms. The molecule has 9 heteroatoms. The molecule has 0 unspecified atom stereocenters. The number of hydrogen-bond donors (Lipinski definition) is 0. The van der Waals surface area contributed by atoms with Crippen molar-refractivity contribution in [3.63, 3.8) is 0 Å². The molecule has 0 radical (unpaired) electrons. The lowest BCUT2D eigenvalue weighted by Gasteiger charge is -2.25. The Morgan fingerprint density at radius 1 is 0.861 bits per heavy atom. The maximum atomic E-state index is 13.5. The van der Waals surface area contributed by atoms with Gasteiger partial charge in [-0.15, -0.1) is 0 Å². The summed E-state index contributed by atoms with van der Waals surface area (Å²) in [6.45, 7) is 5.26. The molecule has 0 aliphatic carbocycles. The summed E-state index contributed by atoms with van der Waals surface area (Å²) in [6.07, 6.45) is 3.80. The molecule has 0 fully saturated rings. The lowest BCUT2D eigenvalue weighted by Crippen LogP contribution is -2.38. The zero-order chi connectivity index (χ0) is 25.0. The Hall–Kier alpha value is -4.24. The van der Waals surface area contributed by atoms with Gasteiger partial charge in [0.2, 0.25) is 5.78 Å². The van der Waals surface area contributed by atoms with Crippen LogP contribution in [-0.4, -0.2) is 41.0 Å². The van der Waals surface area contributed by atoms with Crippen LogP contribution in [0, 0.1) is 0 Å². The molecule has 1 amide bonds.